The zero-order valence-corrected chi connectivity index (χ0v) is 10.9. The van der Waals surface area contributed by atoms with Crippen LogP contribution in [0.25, 0.3) is 0 Å². The first-order valence-electron chi connectivity index (χ1n) is 5.74. The Bertz CT molecular complexity index is 451. The van der Waals surface area contributed by atoms with Crippen LogP contribution in [0.15, 0.2) is 18.2 Å². The third-order valence-electron chi connectivity index (χ3n) is 2.86. The van der Waals surface area contributed by atoms with Crippen molar-refractivity contribution in [2.45, 2.75) is 39.1 Å². The van der Waals surface area contributed by atoms with Crippen molar-refractivity contribution >= 4 is 0 Å². The van der Waals surface area contributed by atoms with Gasteiger partial charge in [-0.15, -0.1) is 0 Å². The largest absolute Gasteiger partial charge is 0.416 e. The molecule has 2 nitrogen and oxygen atoms in total. The van der Waals surface area contributed by atoms with Crippen LogP contribution in [-0.2, 0) is 6.18 Å². The zero-order chi connectivity index (χ0) is 15.0. The number of nitrogens with two attached hydrogens (primary N) is 1. The summed E-state index contributed by atoms with van der Waals surface area (Å²) < 4.78 is 51.0. The minimum atomic E-state index is -4.65. The van der Waals surface area contributed by atoms with Gasteiger partial charge in [-0.1, -0.05) is 20.8 Å². The Balaban J connectivity index is 3.18. The normalized spacial score (nSPS) is 16.3. The first-order valence-corrected chi connectivity index (χ1v) is 5.74. The first-order chi connectivity index (χ1) is 8.43. The van der Waals surface area contributed by atoms with Crippen molar-refractivity contribution in [1.82, 2.24) is 0 Å². The van der Waals surface area contributed by atoms with Crippen molar-refractivity contribution in [3.8, 4) is 0 Å². The summed E-state index contributed by atoms with van der Waals surface area (Å²) in [4.78, 5) is 0. The minimum absolute atomic E-state index is 0.0743. The molecule has 0 aliphatic carbocycles. The van der Waals surface area contributed by atoms with Crippen LogP contribution in [-0.4, -0.2) is 11.2 Å². The lowest BCUT2D eigenvalue weighted by Crippen LogP contribution is -2.37. The summed E-state index contributed by atoms with van der Waals surface area (Å²) in [6, 6.07) is 0.994. The molecule has 1 aromatic rings. The van der Waals surface area contributed by atoms with E-state index in [1.54, 1.807) is 20.8 Å². The molecule has 0 saturated carbocycles. The van der Waals surface area contributed by atoms with Gasteiger partial charge in [0, 0.05) is 0 Å². The van der Waals surface area contributed by atoms with Crippen LogP contribution in [0.3, 0.4) is 0 Å². The molecule has 1 aromatic carbocycles. The number of alkyl halides is 3. The summed E-state index contributed by atoms with van der Waals surface area (Å²) in [5, 5.41) is 9.96. The van der Waals surface area contributed by atoms with Crippen molar-refractivity contribution in [3.63, 3.8) is 0 Å². The van der Waals surface area contributed by atoms with E-state index >= 15 is 0 Å². The lowest BCUT2D eigenvalue weighted by molar-refractivity contribution is -0.137. The number of hydrogen-bond donors (Lipinski definition) is 2. The standard InChI is InChI=1S/C13H17F4NO/c1-12(2,3)11(19)10(18)7-4-8(13(15,16)17)6-9(14)5-7/h4-6,10-11,19H,18H2,1-3H3/t10-,11-/m0/s1. The van der Waals surface area contributed by atoms with Gasteiger partial charge >= 0.3 is 6.18 Å². The highest BCUT2D eigenvalue weighted by Gasteiger charge is 2.34. The maximum absolute atomic E-state index is 13.2. The van der Waals surface area contributed by atoms with E-state index in [-0.39, 0.29) is 5.56 Å². The summed E-state index contributed by atoms with van der Waals surface area (Å²) in [7, 11) is 0. The second-order valence-electron chi connectivity index (χ2n) is 5.61. The zero-order valence-electron chi connectivity index (χ0n) is 10.9. The predicted octanol–water partition coefficient (Wildman–Crippen LogP) is 3.25. The van der Waals surface area contributed by atoms with Gasteiger partial charge in [-0.3, -0.25) is 0 Å². The minimum Gasteiger partial charge on any atom is -0.391 e. The molecule has 0 amide bonds. The number of aliphatic hydroxyl groups is 1. The van der Waals surface area contributed by atoms with Crippen LogP contribution in [0.2, 0.25) is 0 Å². The molecule has 0 aromatic heterocycles. The second kappa shape index (κ2) is 5.09. The molecule has 0 unspecified atom stereocenters. The van der Waals surface area contributed by atoms with E-state index in [1.807, 2.05) is 0 Å². The second-order valence-corrected chi connectivity index (χ2v) is 5.61. The quantitative estimate of drug-likeness (QED) is 0.816. The van der Waals surface area contributed by atoms with Gasteiger partial charge in [0.25, 0.3) is 0 Å². The lowest BCUT2D eigenvalue weighted by atomic mass is 9.82. The third-order valence-corrected chi connectivity index (χ3v) is 2.86. The first kappa shape index (κ1) is 15.9. The molecule has 0 spiro atoms. The van der Waals surface area contributed by atoms with Gasteiger partial charge in [-0.05, 0) is 29.2 Å². The highest BCUT2D eigenvalue weighted by Crippen LogP contribution is 2.34. The monoisotopic (exact) mass is 279 g/mol. The van der Waals surface area contributed by atoms with Crippen LogP contribution in [0.5, 0.6) is 0 Å². The van der Waals surface area contributed by atoms with Gasteiger partial charge in [-0.2, -0.15) is 13.2 Å². The van der Waals surface area contributed by atoms with Crippen molar-refractivity contribution in [3.05, 3.63) is 35.1 Å². The molecule has 0 radical (unpaired) electrons. The number of benzene rings is 1. The Kier molecular flexibility index (Phi) is 4.27. The SMILES string of the molecule is CC(C)(C)[C@@H](O)[C@@H](N)c1cc(F)cc(C(F)(F)F)c1. The predicted molar refractivity (Wildman–Crippen MR) is 63.8 cm³/mol. The molecule has 0 aliphatic heterocycles. The fourth-order valence-electron chi connectivity index (χ4n) is 1.69. The Morgan fingerprint density at radius 1 is 1.11 bits per heavy atom. The van der Waals surface area contributed by atoms with E-state index in [0.717, 1.165) is 12.1 Å². The molecular formula is C13H17F4NO. The summed E-state index contributed by atoms with van der Waals surface area (Å²) in [5.74, 6) is -1.03. The van der Waals surface area contributed by atoms with Crippen LogP contribution in [0.1, 0.15) is 37.9 Å². The Morgan fingerprint density at radius 3 is 2.05 bits per heavy atom. The van der Waals surface area contributed by atoms with Crippen molar-refractivity contribution in [2.75, 3.05) is 0 Å². The van der Waals surface area contributed by atoms with Gasteiger partial charge in [-0.25, -0.2) is 4.39 Å². The Hall–Kier alpha value is -1.14. The molecule has 0 aliphatic rings. The molecule has 1 rings (SSSR count). The maximum Gasteiger partial charge on any atom is 0.416 e. The number of rotatable bonds is 2. The topological polar surface area (TPSA) is 46.2 Å². The molecule has 6 heteroatoms. The van der Waals surface area contributed by atoms with Crippen LogP contribution >= 0.6 is 0 Å². The highest BCUT2D eigenvalue weighted by molar-refractivity contribution is 5.29. The molecule has 3 N–H and O–H groups in total. The van der Waals surface area contributed by atoms with E-state index in [2.05, 4.69) is 0 Å². The van der Waals surface area contributed by atoms with Gasteiger partial charge in [0.2, 0.25) is 0 Å². The fraction of sp³-hybridized carbons (Fsp3) is 0.538. The van der Waals surface area contributed by atoms with Gasteiger partial charge < -0.3 is 10.8 Å². The summed E-state index contributed by atoms with van der Waals surface area (Å²) in [5.41, 5.74) is 3.91. The Labute approximate surface area is 109 Å². The van der Waals surface area contributed by atoms with Crippen molar-refractivity contribution in [2.24, 2.45) is 11.1 Å². The summed E-state index contributed by atoms with van der Waals surface area (Å²) >= 11 is 0. The smallest absolute Gasteiger partial charge is 0.391 e. The molecule has 0 heterocycles. The third kappa shape index (κ3) is 3.91. The van der Waals surface area contributed by atoms with Gasteiger partial charge in [0.05, 0.1) is 17.7 Å². The summed E-state index contributed by atoms with van der Waals surface area (Å²) in [6.07, 6.45) is -5.74. The molecule has 108 valence electrons. The molecule has 0 fully saturated rings. The lowest BCUT2D eigenvalue weighted by Gasteiger charge is -2.31. The van der Waals surface area contributed by atoms with E-state index < -0.39 is 35.1 Å². The van der Waals surface area contributed by atoms with Crippen molar-refractivity contribution < 1.29 is 22.7 Å². The molecule has 19 heavy (non-hydrogen) atoms. The maximum atomic E-state index is 13.2. The number of halogens is 4. The average molecular weight is 279 g/mol. The Morgan fingerprint density at radius 2 is 1.63 bits per heavy atom. The van der Waals surface area contributed by atoms with Crippen LogP contribution in [0, 0.1) is 11.2 Å². The molecule has 2 atom stereocenters. The van der Waals surface area contributed by atoms with E-state index in [9.17, 15) is 22.7 Å². The van der Waals surface area contributed by atoms with Crippen molar-refractivity contribution in [1.29, 1.82) is 0 Å². The number of aliphatic hydroxyl groups excluding tert-OH is 1. The van der Waals surface area contributed by atoms with Crippen LogP contribution < -0.4 is 5.73 Å². The fourth-order valence-corrected chi connectivity index (χ4v) is 1.69. The molecule has 0 saturated heterocycles. The molecular weight excluding hydrogens is 262 g/mol. The van der Waals surface area contributed by atoms with E-state index in [0.29, 0.717) is 6.07 Å². The molecule has 0 bridgehead atoms. The van der Waals surface area contributed by atoms with E-state index in [1.165, 1.54) is 0 Å². The van der Waals surface area contributed by atoms with Gasteiger partial charge in [0.1, 0.15) is 5.82 Å². The highest BCUT2D eigenvalue weighted by atomic mass is 19.4. The summed E-state index contributed by atoms with van der Waals surface area (Å²) in [6.45, 7) is 5.09. The van der Waals surface area contributed by atoms with Gasteiger partial charge in [0.15, 0.2) is 0 Å². The number of hydrogen-bond acceptors (Lipinski definition) is 2. The van der Waals surface area contributed by atoms with E-state index in [4.69, 9.17) is 5.73 Å². The average Bonchev–Trinajstić information content (AvgIpc) is 2.23. The van der Waals surface area contributed by atoms with Crippen LogP contribution in [0.4, 0.5) is 17.6 Å².